The zero-order valence-corrected chi connectivity index (χ0v) is 11.8. The molecule has 2 atom stereocenters. The Bertz CT molecular complexity index is 568. The zero-order valence-electron chi connectivity index (χ0n) is 11.8. The normalized spacial score (nSPS) is 21.9. The number of benzene rings is 1. The first kappa shape index (κ1) is 15.0. The number of carboxylic acids is 1. The van der Waals surface area contributed by atoms with Gasteiger partial charge in [-0.3, -0.25) is 9.59 Å². The summed E-state index contributed by atoms with van der Waals surface area (Å²) in [6.45, 7) is 2.27. The lowest BCUT2D eigenvalue weighted by molar-refractivity contribution is -0.145. The summed E-state index contributed by atoms with van der Waals surface area (Å²) in [5.41, 5.74) is 5.83. The van der Waals surface area contributed by atoms with Gasteiger partial charge in [-0.15, -0.1) is 0 Å². The molecule has 2 amide bonds. The predicted molar refractivity (Wildman–Crippen MR) is 75.8 cm³/mol. The van der Waals surface area contributed by atoms with Crippen LogP contribution in [0.25, 0.3) is 0 Å². The highest BCUT2D eigenvalue weighted by Crippen LogP contribution is 2.25. The van der Waals surface area contributed by atoms with Crippen LogP contribution in [0.3, 0.4) is 0 Å². The van der Waals surface area contributed by atoms with Crippen molar-refractivity contribution in [1.82, 2.24) is 4.90 Å². The van der Waals surface area contributed by atoms with E-state index in [4.69, 9.17) is 5.73 Å². The maximum absolute atomic E-state index is 12.5. The first-order chi connectivity index (χ1) is 9.91. The molecule has 0 spiro atoms. The lowest BCUT2D eigenvalue weighted by Crippen LogP contribution is -2.51. The number of hydrogen-bond acceptors (Lipinski definition) is 3. The molecule has 0 radical (unpaired) electrons. The second-order valence-electron chi connectivity index (χ2n) is 5.34. The fourth-order valence-electron chi connectivity index (χ4n) is 2.74. The summed E-state index contributed by atoms with van der Waals surface area (Å²) >= 11 is 0. The molecule has 6 heteroatoms. The van der Waals surface area contributed by atoms with E-state index in [2.05, 4.69) is 0 Å². The number of hydrogen-bond donors (Lipinski definition) is 2. The Kier molecular flexibility index (Phi) is 4.26. The summed E-state index contributed by atoms with van der Waals surface area (Å²) in [5, 5.41) is 9.34. The second-order valence-corrected chi connectivity index (χ2v) is 5.34. The minimum absolute atomic E-state index is 0.0786. The molecule has 112 valence electrons. The number of rotatable bonds is 3. The maximum atomic E-state index is 12.5. The fraction of sp³-hybridized carbons (Fsp3) is 0.400. The Morgan fingerprint density at radius 1 is 1.19 bits per heavy atom. The molecule has 3 N–H and O–H groups in total. The van der Waals surface area contributed by atoms with Crippen LogP contribution in [0.15, 0.2) is 24.3 Å². The van der Waals surface area contributed by atoms with Crippen molar-refractivity contribution in [3.8, 4) is 0 Å². The standard InChI is InChI=1S/C15H18N2O4/c1-9-3-2-8-17(12(9)15(20)21)14(19)11-6-4-10(5-7-11)13(16)18/h4-7,9,12H,2-3,8H2,1H3,(H2,16,18)(H,20,21). The molecule has 6 nitrogen and oxygen atoms in total. The van der Waals surface area contributed by atoms with E-state index in [1.54, 1.807) is 0 Å². The van der Waals surface area contributed by atoms with Gasteiger partial charge in [0.15, 0.2) is 0 Å². The van der Waals surface area contributed by atoms with Gasteiger partial charge in [-0.1, -0.05) is 6.92 Å². The SMILES string of the molecule is CC1CCCN(C(=O)c2ccc(C(N)=O)cc2)C1C(=O)O. The van der Waals surface area contributed by atoms with E-state index in [0.29, 0.717) is 17.7 Å². The van der Waals surface area contributed by atoms with Crippen molar-refractivity contribution in [3.63, 3.8) is 0 Å². The van der Waals surface area contributed by atoms with E-state index in [9.17, 15) is 19.5 Å². The van der Waals surface area contributed by atoms with Crippen molar-refractivity contribution < 1.29 is 19.5 Å². The Morgan fingerprint density at radius 3 is 2.29 bits per heavy atom. The number of carbonyl (C=O) groups is 3. The highest BCUT2D eigenvalue weighted by Gasteiger charge is 2.37. The number of carbonyl (C=O) groups excluding carboxylic acids is 2. The third kappa shape index (κ3) is 3.04. The Balaban J connectivity index is 2.24. The van der Waals surface area contributed by atoms with Crippen LogP contribution in [0, 0.1) is 5.92 Å². The number of nitrogens with zero attached hydrogens (tertiary/aromatic N) is 1. The monoisotopic (exact) mass is 290 g/mol. The molecule has 1 saturated heterocycles. The average molecular weight is 290 g/mol. The first-order valence-corrected chi connectivity index (χ1v) is 6.85. The molecule has 0 aliphatic carbocycles. The van der Waals surface area contributed by atoms with E-state index >= 15 is 0 Å². The van der Waals surface area contributed by atoms with E-state index < -0.39 is 17.9 Å². The number of piperidine rings is 1. The lowest BCUT2D eigenvalue weighted by atomic mass is 9.90. The van der Waals surface area contributed by atoms with Gasteiger partial charge in [0.1, 0.15) is 6.04 Å². The Hall–Kier alpha value is -2.37. The second kappa shape index (κ2) is 5.95. The Labute approximate surface area is 122 Å². The molecule has 1 aromatic rings. The minimum atomic E-state index is -0.982. The van der Waals surface area contributed by atoms with E-state index in [-0.39, 0.29) is 11.8 Å². The van der Waals surface area contributed by atoms with Crippen LogP contribution in [0.1, 0.15) is 40.5 Å². The number of aliphatic carboxylic acids is 1. The van der Waals surface area contributed by atoms with Crippen molar-refractivity contribution in [2.75, 3.05) is 6.54 Å². The first-order valence-electron chi connectivity index (χ1n) is 6.85. The number of amides is 2. The Morgan fingerprint density at radius 2 is 1.76 bits per heavy atom. The molecular formula is C15H18N2O4. The molecule has 1 fully saturated rings. The molecule has 1 heterocycles. The van der Waals surface area contributed by atoms with Gasteiger partial charge in [0, 0.05) is 17.7 Å². The van der Waals surface area contributed by atoms with Gasteiger partial charge in [0.25, 0.3) is 5.91 Å². The van der Waals surface area contributed by atoms with Crippen molar-refractivity contribution in [2.45, 2.75) is 25.8 Å². The third-order valence-corrected chi connectivity index (χ3v) is 3.86. The molecule has 1 aliphatic heterocycles. The van der Waals surface area contributed by atoms with Crippen LogP contribution < -0.4 is 5.73 Å². The van der Waals surface area contributed by atoms with Gasteiger partial charge in [-0.2, -0.15) is 0 Å². The molecule has 21 heavy (non-hydrogen) atoms. The largest absolute Gasteiger partial charge is 0.480 e. The molecule has 2 unspecified atom stereocenters. The van der Waals surface area contributed by atoms with Gasteiger partial charge in [0.2, 0.25) is 5.91 Å². The lowest BCUT2D eigenvalue weighted by Gasteiger charge is -2.37. The smallest absolute Gasteiger partial charge is 0.326 e. The van der Waals surface area contributed by atoms with Gasteiger partial charge >= 0.3 is 5.97 Å². The molecule has 2 rings (SSSR count). The molecule has 0 aromatic heterocycles. The number of likely N-dealkylation sites (tertiary alicyclic amines) is 1. The van der Waals surface area contributed by atoms with Crippen LogP contribution >= 0.6 is 0 Å². The summed E-state index contributed by atoms with van der Waals surface area (Å²) in [6.07, 6.45) is 1.58. The topological polar surface area (TPSA) is 101 Å². The van der Waals surface area contributed by atoms with E-state index in [1.807, 2.05) is 6.92 Å². The molecule has 0 bridgehead atoms. The highest BCUT2D eigenvalue weighted by atomic mass is 16.4. The summed E-state index contributed by atoms with van der Waals surface area (Å²) in [4.78, 5) is 36.3. The quantitative estimate of drug-likeness (QED) is 0.870. The van der Waals surface area contributed by atoms with Crippen molar-refractivity contribution in [2.24, 2.45) is 11.7 Å². The van der Waals surface area contributed by atoms with Gasteiger partial charge in [0.05, 0.1) is 0 Å². The van der Waals surface area contributed by atoms with Gasteiger partial charge in [-0.25, -0.2) is 4.79 Å². The fourth-order valence-corrected chi connectivity index (χ4v) is 2.74. The number of primary amides is 1. The molecule has 0 saturated carbocycles. The summed E-state index contributed by atoms with van der Waals surface area (Å²) in [7, 11) is 0. The van der Waals surface area contributed by atoms with Crippen molar-refractivity contribution in [3.05, 3.63) is 35.4 Å². The summed E-state index contributed by atoms with van der Waals surface area (Å²) < 4.78 is 0. The highest BCUT2D eigenvalue weighted by molar-refractivity contribution is 5.98. The molecule has 1 aliphatic rings. The molecular weight excluding hydrogens is 272 g/mol. The molecule has 1 aromatic carbocycles. The van der Waals surface area contributed by atoms with Gasteiger partial charge in [-0.05, 0) is 43.0 Å². The maximum Gasteiger partial charge on any atom is 0.326 e. The number of carboxylic acid groups (broad SMARTS) is 1. The predicted octanol–water partition coefficient (Wildman–Crippen LogP) is 1.11. The van der Waals surface area contributed by atoms with Crippen molar-refractivity contribution in [1.29, 1.82) is 0 Å². The number of nitrogens with two attached hydrogens (primary N) is 1. The van der Waals surface area contributed by atoms with Crippen LogP contribution in [0.2, 0.25) is 0 Å². The van der Waals surface area contributed by atoms with E-state index in [1.165, 1.54) is 29.2 Å². The van der Waals surface area contributed by atoms with Crippen LogP contribution in [0.4, 0.5) is 0 Å². The average Bonchev–Trinajstić information content (AvgIpc) is 2.46. The third-order valence-electron chi connectivity index (χ3n) is 3.86. The summed E-state index contributed by atoms with van der Waals surface area (Å²) in [5.74, 6) is -1.96. The van der Waals surface area contributed by atoms with Crippen LogP contribution in [-0.4, -0.2) is 40.4 Å². The summed E-state index contributed by atoms with van der Waals surface area (Å²) in [6, 6.07) is 5.14. The van der Waals surface area contributed by atoms with Crippen molar-refractivity contribution >= 4 is 17.8 Å². The minimum Gasteiger partial charge on any atom is -0.480 e. The van der Waals surface area contributed by atoms with Gasteiger partial charge < -0.3 is 15.7 Å². The van der Waals surface area contributed by atoms with Crippen LogP contribution in [0.5, 0.6) is 0 Å². The van der Waals surface area contributed by atoms with E-state index in [0.717, 1.165) is 12.8 Å². The van der Waals surface area contributed by atoms with Crippen LogP contribution in [-0.2, 0) is 4.79 Å². The zero-order chi connectivity index (χ0) is 15.6.